The van der Waals surface area contributed by atoms with Crippen LogP contribution in [0.2, 0.25) is 0 Å². The molecule has 1 atom stereocenters. The fraction of sp³-hybridized carbons (Fsp3) is 0.400. The van der Waals surface area contributed by atoms with Crippen molar-refractivity contribution < 1.29 is 23.9 Å². The van der Waals surface area contributed by atoms with E-state index in [1.54, 1.807) is 6.20 Å². The highest BCUT2D eigenvalue weighted by atomic mass is 16.5. The Balaban J connectivity index is 1.58. The van der Waals surface area contributed by atoms with E-state index >= 15 is 0 Å². The Morgan fingerprint density at radius 2 is 2.29 bits per heavy atom. The van der Waals surface area contributed by atoms with Crippen LogP contribution >= 0.6 is 0 Å². The Morgan fingerprint density at radius 3 is 3.05 bits per heavy atom. The van der Waals surface area contributed by atoms with Gasteiger partial charge in [0.15, 0.2) is 12.8 Å². The standard InChI is InChI=1S/C15H18N3O3/c19-15-14(11-17-6-8-20-9-7-17)21-12-18(15)16-10-13-4-2-1-3-5-13/h1-5,10,12,14H,6-9,11H2/q-1/p+1. The van der Waals surface area contributed by atoms with Crippen LogP contribution in [0.25, 0.3) is 0 Å². The predicted molar refractivity (Wildman–Crippen MR) is 73.9 cm³/mol. The van der Waals surface area contributed by atoms with Gasteiger partial charge in [-0.05, 0) is 0 Å². The van der Waals surface area contributed by atoms with Crippen LogP contribution in [0.15, 0.2) is 41.2 Å². The van der Waals surface area contributed by atoms with E-state index in [9.17, 15) is 4.79 Å². The summed E-state index contributed by atoms with van der Waals surface area (Å²) in [6.45, 7) is 5.38. The van der Waals surface area contributed by atoms with Gasteiger partial charge >= 0.3 is 0 Å². The van der Waals surface area contributed by atoms with Gasteiger partial charge in [-0.2, -0.15) is 4.70 Å². The molecule has 2 fully saturated rings. The Kier molecular flexibility index (Phi) is 4.49. The van der Waals surface area contributed by atoms with Crippen molar-refractivity contribution in [1.82, 2.24) is 0 Å². The van der Waals surface area contributed by atoms with Gasteiger partial charge in [0.05, 0.1) is 13.2 Å². The Morgan fingerprint density at radius 1 is 1.43 bits per heavy atom. The second-order valence-corrected chi connectivity index (χ2v) is 5.13. The zero-order valence-corrected chi connectivity index (χ0v) is 11.8. The SMILES string of the molecule is O=C1C(C[NH+]2CCOCC2)O[CH-][N+]1=NC=C1C=CC=C[CH-]1. The minimum Gasteiger partial charge on any atom is -0.380 e. The summed E-state index contributed by atoms with van der Waals surface area (Å²) in [6.07, 6.45) is 10.9. The first-order valence-electron chi connectivity index (χ1n) is 7.15. The van der Waals surface area contributed by atoms with Crippen molar-refractivity contribution in [2.45, 2.75) is 6.10 Å². The molecule has 6 heteroatoms. The van der Waals surface area contributed by atoms with Gasteiger partial charge in [0.25, 0.3) is 5.91 Å². The Bertz CT molecular complexity index is 516. The predicted octanol–water partition coefficient (Wildman–Crippen LogP) is -0.375. The molecule has 3 rings (SSSR count). The summed E-state index contributed by atoms with van der Waals surface area (Å²) < 4.78 is 12.0. The van der Waals surface area contributed by atoms with Crippen LogP contribution in [-0.2, 0) is 14.3 Å². The van der Waals surface area contributed by atoms with Crippen molar-refractivity contribution in [1.29, 1.82) is 0 Å². The van der Waals surface area contributed by atoms with Crippen LogP contribution < -0.4 is 4.90 Å². The van der Waals surface area contributed by atoms with Gasteiger partial charge in [0, 0.05) is 6.20 Å². The lowest BCUT2D eigenvalue weighted by atomic mass is 10.1. The van der Waals surface area contributed by atoms with Crippen molar-refractivity contribution in [3.05, 3.63) is 49.2 Å². The highest BCUT2D eigenvalue weighted by Crippen LogP contribution is 2.12. The number of morpholine rings is 1. The van der Waals surface area contributed by atoms with Crippen LogP contribution in [0.4, 0.5) is 0 Å². The molecular formula is C15H19N3O3. The molecule has 0 radical (unpaired) electrons. The largest absolute Gasteiger partial charge is 0.380 e. The molecule has 1 aliphatic carbocycles. The lowest BCUT2D eigenvalue weighted by Gasteiger charge is -2.25. The van der Waals surface area contributed by atoms with Crippen molar-refractivity contribution in [2.24, 2.45) is 5.11 Å². The number of allylic oxidation sites excluding steroid dienone is 5. The molecule has 0 bridgehead atoms. The normalized spacial score (nSPS) is 29.9. The molecule has 2 aliphatic heterocycles. The van der Waals surface area contributed by atoms with Gasteiger partial charge in [0.2, 0.25) is 0 Å². The van der Waals surface area contributed by atoms with Gasteiger partial charge < -0.3 is 19.2 Å². The zero-order valence-electron chi connectivity index (χ0n) is 11.8. The Hall–Kier alpha value is -1.89. The zero-order chi connectivity index (χ0) is 14.5. The minimum atomic E-state index is -0.439. The van der Waals surface area contributed by atoms with Crippen molar-refractivity contribution in [3.8, 4) is 0 Å². The van der Waals surface area contributed by atoms with E-state index in [2.05, 4.69) is 5.11 Å². The molecule has 1 N–H and O–H groups in total. The van der Waals surface area contributed by atoms with Gasteiger partial charge in [-0.15, -0.1) is 36.3 Å². The van der Waals surface area contributed by atoms with Gasteiger partial charge in [-0.1, -0.05) is 5.11 Å². The third-order valence-corrected chi connectivity index (χ3v) is 3.63. The quantitative estimate of drug-likeness (QED) is 0.569. The molecular weight excluding hydrogens is 270 g/mol. The average Bonchev–Trinajstić information content (AvgIpc) is 2.88. The highest BCUT2D eigenvalue weighted by molar-refractivity contribution is 5.73. The summed E-state index contributed by atoms with van der Waals surface area (Å²) in [7, 11) is 0. The number of amides is 1. The molecule has 112 valence electrons. The summed E-state index contributed by atoms with van der Waals surface area (Å²) >= 11 is 0. The van der Waals surface area contributed by atoms with Crippen LogP contribution in [-0.4, -0.2) is 49.6 Å². The van der Waals surface area contributed by atoms with E-state index in [4.69, 9.17) is 9.47 Å². The lowest BCUT2D eigenvalue weighted by Crippen LogP contribution is -3.15. The van der Waals surface area contributed by atoms with Crippen LogP contribution in [0, 0.1) is 13.2 Å². The van der Waals surface area contributed by atoms with Gasteiger partial charge in [-0.25, -0.2) is 0 Å². The molecule has 2 saturated heterocycles. The average molecular weight is 289 g/mol. The van der Waals surface area contributed by atoms with E-state index in [1.807, 2.05) is 30.7 Å². The van der Waals surface area contributed by atoms with E-state index in [1.165, 1.54) is 16.3 Å². The van der Waals surface area contributed by atoms with Crippen LogP contribution in [0.1, 0.15) is 0 Å². The maximum atomic E-state index is 12.2. The number of ether oxygens (including phenoxy) is 2. The van der Waals surface area contributed by atoms with E-state index in [-0.39, 0.29) is 5.91 Å². The van der Waals surface area contributed by atoms with E-state index in [0.717, 1.165) is 31.9 Å². The number of quaternary nitrogens is 1. The molecule has 6 nitrogen and oxygen atoms in total. The molecule has 1 amide bonds. The smallest absolute Gasteiger partial charge is 0.299 e. The second-order valence-electron chi connectivity index (χ2n) is 5.13. The number of carbonyl (C=O) groups is 1. The summed E-state index contributed by atoms with van der Waals surface area (Å²) in [6, 6.07) is 0. The molecule has 3 aliphatic rings. The molecule has 0 aromatic carbocycles. The third-order valence-electron chi connectivity index (χ3n) is 3.63. The monoisotopic (exact) mass is 289 g/mol. The summed E-state index contributed by atoms with van der Waals surface area (Å²) in [5.41, 5.74) is 0.945. The summed E-state index contributed by atoms with van der Waals surface area (Å²) in [5, 5.41) is 4.16. The summed E-state index contributed by atoms with van der Waals surface area (Å²) in [4.78, 5) is 13.5. The molecule has 0 spiro atoms. The maximum absolute atomic E-state index is 12.2. The minimum absolute atomic E-state index is 0.110. The molecule has 0 aromatic rings. The number of nitrogens with one attached hydrogen (secondary N) is 1. The van der Waals surface area contributed by atoms with Crippen LogP contribution in [0.3, 0.4) is 0 Å². The molecule has 21 heavy (non-hydrogen) atoms. The first-order valence-corrected chi connectivity index (χ1v) is 7.15. The second kappa shape index (κ2) is 6.71. The summed E-state index contributed by atoms with van der Waals surface area (Å²) in [5.74, 6) is -0.110. The molecule has 0 saturated carbocycles. The third kappa shape index (κ3) is 3.60. The number of rotatable bonds is 3. The van der Waals surface area contributed by atoms with E-state index < -0.39 is 6.10 Å². The number of nitrogens with zero attached hydrogens (tertiary/aromatic N) is 2. The number of hydrogen-bond donors (Lipinski definition) is 1. The van der Waals surface area contributed by atoms with Crippen LogP contribution in [0.5, 0.6) is 0 Å². The highest BCUT2D eigenvalue weighted by Gasteiger charge is 2.33. The maximum Gasteiger partial charge on any atom is 0.299 e. The fourth-order valence-electron chi connectivity index (χ4n) is 2.40. The van der Waals surface area contributed by atoms with Gasteiger partial charge in [0.1, 0.15) is 19.6 Å². The first-order chi connectivity index (χ1) is 10.3. The van der Waals surface area contributed by atoms with Crippen molar-refractivity contribution in [2.75, 3.05) is 32.8 Å². The first kappa shape index (κ1) is 14.1. The Labute approximate surface area is 124 Å². The van der Waals surface area contributed by atoms with E-state index in [0.29, 0.717) is 6.54 Å². The fourth-order valence-corrected chi connectivity index (χ4v) is 2.40. The van der Waals surface area contributed by atoms with Crippen molar-refractivity contribution in [3.63, 3.8) is 0 Å². The van der Waals surface area contributed by atoms with Crippen molar-refractivity contribution >= 4 is 5.91 Å². The number of carbonyl (C=O) groups excluding carboxylic acids is 1. The molecule has 2 heterocycles. The topological polar surface area (TPSA) is 55.3 Å². The number of hydrogen-bond acceptors (Lipinski definition) is 4. The molecule has 0 aromatic heterocycles. The molecule has 1 unspecified atom stereocenters. The lowest BCUT2D eigenvalue weighted by molar-refractivity contribution is -0.909. The van der Waals surface area contributed by atoms with Gasteiger partial charge in [-0.3, -0.25) is 0 Å². The number of azo groups is 2.